The molecule has 0 spiro atoms. The number of piperazine rings is 1. The monoisotopic (exact) mass is 294 g/mol. The maximum atomic E-state index is 12.5. The summed E-state index contributed by atoms with van der Waals surface area (Å²) >= 11 is 0. The molecule has 0 atom stereocenters. The van der Waals surface area contributed by atoms with Gasteiger partial charge in [-0.15, -0.1) is 0 Å². The maximum Gasteiger partial charge on any atom is 0.242 e. The molecule has 1 heterocycles. The van der Waals surface area contributed by atoms with Crippen molar-refractivity contribution in [1.29, 1.82) is 0 Å². The molecular formula is C16H30N4O. The number of carbonyl (C=O) groups excluding carboxylic acids is 1. The lowest BCUT2D eigenvalue weighted by atomic mass is 9.85. The van der Waals surface area contributed by atoms with Crippen LogP contribution in [0.3, 0.4) is 0 Å². The van der Waals surface area contributed by atoms with Crippen molar-refractivity contribution in [2.75, 3.05) is 26.7 Å². The number of guanidine groups is 1. The van der Waals surface area contributed by atoms with E-state index in [1.54, 1.807) is 7.05 Å². The third-order valence-electron chi connectivity index (χ3n) is 4.63. The predicted octanol–water partition coefficient (Wildman–Crippen LogP) is 1.69. The highest BCUT2D eigenvalue weighted by Gasteiger charge is 2.40. The Hall–Kier alpha value is -1.26. The summed E-state index contributed by atoms with van der Waals surface area (Å²) in [4.78, 5) is 21.0. The minimum atomic E-state index is -0.169. The molecule has 21 heavy (non-hydrogen) atoms. The van der Waals surface area contributed by atoms with E-state index in [0.29, 0.717) is 6.54 Å². The van der Waals surface area contributed by atoms with Crippen molar-refractivity contribution in [3.63, 3.8) is 0 Å². The molecular weight excluding hydrogens is 264 g/mol. The van der Waals surface area contributed by atoms with Crippen LogP contribution in [0.2, 0.25) is 0 Å². The highest BCUT2D eigenvalue weighted by atomic mass is 16.2. The summed E-state index contributed by atoms with van der Waals surface area (Å²) in [6.45, 7) is 10.7. The number of aliphatic imine (C=N–C) groups is 1. The number of carbonyl (C=O) groups is 1. The Morgan fingerprint density at radius 1 is 1.43 bits per heavy atom. The van der Waals surface area contributed by atoms with Crippen LogP contribution in [0.1, 0.15) is 47.0 Å². The van der Waals surface area contributed by atoms with Crippen molar-refractivity contribution < 1.29 is 4.79 Å². The van der Waals surface area contributed by atoms with Gasteiger partial charge in [0.2, 0.25) is 5.91 Å². The maximum absolute atomic E-state index is 12.5. The Morgan fingerprint density at radius 2 is 2.10 bits per heavy atom. The zero-order chi connectivity index (χ0) is 15.6. The van der Waals surface area contributed by atoms with E-state index in [1.807, 2.05) is 4.90 Å². The standard InChI is InChI=1S/C16H30N4O/c1-12(2)20-14(21)10-19(11-16(20,3)4)15(17-5)18-9-13-7-6-8-13/h12-13H,6-11H2,1-5H3,(H,17,18). The second-order valence-corrected chi connectivity index (χ2v) is 7.25. The van der Waals surface area contributed by atoms with Crippen LogP contribution in [-0.4, -0.2) is 59.9 Å². The van der Waals surface area contributed by atoms with Crippen molar-refractivity contribution in [3.05, 3.63) is 0 Å². The van der Waals surface area contributed by atoms with Crippen molar-refractivity contribution in [1.82, 2.24) is 15.1 Å². The summed E-state index contributed by atoms with van der Waals surface area (Å²) < 4.78 is 0. The van der Waals surface area contributed by atoms with E-state index in [4.69, 9.17) is 0 Å². The van der Waals surface area contributed by atoms with Crippen LogP contribution < -0.4 is 5.32 Å². The van der Waals surface area contributed by atoms with Gasteiger partial charge < -0.3 is 15.1 Å². The van der Waals surface area contributed by atoms with Gasteiger partial charge in [-0.2, -0.15) is 0 Å². The molecule has 1 amide bonds. The molecule has 0 unspecified atom stereocenters. The Bertz CT molecular complexity index is 413. The topological polar surface area (TPSA) is 47.9 Å². The number of hydrogen-bond acceptors (Lipinski definition) is 2. The Kier molecular flexibility index (Phi) is 4.79. The molecule has 0 aromatic heterocycles. The zero-order valence-corrected chi connectivity index (χ0v) is 14.1. The first-order valence-corrected chi connectivity index (χ1v) is 8.13. The van der Waals surface area contributed by atoms with E-state index in [2.05, 4.69) is 42.9 Å². The Balaban J connectivity index is 2.01. The van der Waals surface area contributed by atoms with E-state index >= 15 is 0 Å². The molecule has 1 aliphatic heterocycles. The fourth-order valence-electron chi connectivity index (χ4n) is 3.58. The van der Waals surface area contributed by atoms with Gasteiger partial charge in [0.1, 0.15) is 0 Å². The molecule has 120 valence electrons. The molecule has 2 fully saturated rings. The average Bonchev–Trinajstić information content (AvgIpc) is 2.29. The molecule has 1 saturated heterocycles. The normalized spacial score (nSPS) is 23.5. The molecule has 0 aromatic rings. The van der Waals surface area contributed by atoms with Crippen LogP contribution in [0.25, 0.3) is 0 Å². The van der Waals surface area contributed by atoms with Gasteiger partial charge in [0.15, 0.2) is 5.96 Å². The van der Waals surface area contributed by atoms with Gasteiger partial charge in [0.05, 0.1) is 12.1 Å². The molecule has 0 bridgehead atoms. The van der Waals surface area contributed by atoms with E-state index in [-0.39, 0.29) is 17.5 Å². The molecule has 0 radical (unpaired) electrons. The van der Waals surface area contributed by atoms with Gasteiger partial charge in [-0.05, 0) is 46.5 Å². The largest absolute Gasteiger partial charge is 0.356 e. The van der Waals surface area contributed by atoms with Gasteiger partial charge >= 0.3 is 0 Å². The van der Waals surface area contributed by atoms with Crippen LogP contribution in [0.4, 0.5) is 0 Å². The molecule has 2 rings (SSSR count). The third-order valence-corrected chi connectivity index (χ3v) is 4.63. The van der Waals surface area contributed by atoms with Crippen molar-refractivity contribution >= 4 is 11.9 Å². The van der Waals surface area contributed by atoms with Crippen LogP contribution in [0.5, 0.6) is 0 Å². The van der Waals surface area contributed by atoms with E-state index in [9.17, 15) is 4.79 Å². The van der Waals surface area contributed by atoms with Crippen LogP contribution in [-0.2, 0) is 4.79 Å². The van der Waals surface area contributed by atoms with Gasteiger partial charge in [-0.1, -0.05) is 6.42 Å². The summed E-state index contributed by atoms with van der Waals surface area (Å²) in [7, 11) is 1.80. The summed E-state index contributed by atoms with van der Waals surface area (Å²) in [6, 6.07) is 0.236. The van der Waals surface area contributed by atoms with Crippen LogP contribution >= 0.6 is 0 Å². The second-order valence-electron chi connectivity index (χ2n) is 7.25. The summed E-state index contributed by atoms with van der Waals surface area (Å²) in [5, 5.41) is 3.45. The molecule has 1 aliphatic carbocycles. The van der Waals surface area contributed by atoms with Gasteiger partial charge in [-0.25, -0.2) is 0 Å². The fraction of sp³-hybridized carbons (Fsp3) is 0.875. The van der Waals surface area contributed by atoms with Gasteiger partial charge in [0, 0.05) is 26.2 Å². The number of nitrogens with zero attached hydrogens (tertiary/aromatic N) is 3. The number of nitrogens with one attached hydrogen (secondary N) is 1. The number of amides is 1. The predicted molar refractivity (Wildman–Crippen MR) is 86.3 cm³/mol. The molecule has 5 nitrogen and oxygen atoms in total. The van der Waals surface area contributed by atoms with Gasteiger partial charge in [0.25, 0.3) is 0 Å². The minimum absolute atomic E-state index is 0.169. The SMILES string of the molecule is CN=C(NCC1CCC1)N1CC(=O)N(C(C)C)C(C)(C)C1. The molecule has 1 saturated carbocycles. The first-order chi connectivity index (χ1) is 9.85. The van der Waals surface area contributed by atoms with Crippen molar-refractivity contribution in [2.45, 2.75) is 58.5 Å². The summed E-state index contributed by atoms with van der Waals surface area (Å²) in [5.41, 5.74) is -0.169. The van der Waals surface area contributed by atoms with E-state index in [0.717, 1.165) is 25.0 Å². The molecule has 0 aromatic carbocycles. The van der Waals surface area contributed by atoms with Crippen molar-refractivity contribution in [2.24, 2.45) is 10.9 Å². The van der Waals surface area contributed by atoms with Crippen LogP contribution in [0.15, 0.2) is 4.99 Å². The second kappa shape index (κ2) is 6.24. The van der Waals surface area contributed by atoms with E-state index in [1.165, 1.54) is 19.3 Å². The zero-order valence-electron chi connectivity index (χ0n) is 14.1. The summed E-state index contributed by atoms with van der Waals surface area (Å²) in [5.74, 6) is 1.84. The quantitative estimate of drug-likeness (QED) is 0.636. The smallest absolute Gasteiger partial charge is 0.242 e. The first-order valence-electron chi connectivity index (χ1n) is 8.13. The molecule has 5 heteroatoms. The highest BCUT2D eigenvalue weighted by Crippen LogP contribution is 2.26. The van der Waals surface area contributed by atoms with Gasteiger partial charge in [-0.3, -0.25) is 9.79 Å². The minimum Gasteiger partial charge on any atom is -0.356 e. The Morgan fingerprint density at radius 3 is 2.52 bits per heavy atom. The third kappa shape index (κ3) is 3.50. The highest BCUT2D eigenvalue weighted by molar-refractivity contribution is 5.88. The number of rotatable bonds is 3. The lowest BCUT2D eigenvalue weighted by Gasteiger charge is -2.49. The van der Waals surface area contributed by atoms with Crippen molar-refractivity contribution in [3.8, 4) is 0 Å². The first kappa shape index (κ1) is 16.1. The lowest BCUT2D eigenvalue weighted by Crippen LogP contribution is -2.66. The summed E-state index contributed by atoms with van der Waals surface area (Å²) in [6.07, 6.45) is 3.98. The van der Waals surface area contributed by atoms with E-state index < -0.39 is 0 Å². The number of hydrogen-bond donors (Lipinski definition) is 1. The lowest BCUT2D eigenvalue weighted by molar-refractivity contribution is -0.145. The fourth-order valence-corrected chi connectivity index (χ4v) is 3.58. The Labute approximate surface area is 128 Å². The van der Waals surface area contributed by atoms with Crippen LogP contribution in [0, 0.1) is 5.92 Å². The molecule has 1 N–H and O–H groups in total. The molecule has 2 aliphatic rings. The average molecular weight is 294 g/mol.